The molecule has 12 nitrogen and oxygen atoms in total. The number of hydrogen-bond donors (Lipinski definition) is 0. The van der Waals surface area contributed by atoms with E-state index in [1.807, 2.05) is 0 Å². The Bertz CT molecular complexity index is 1650. The molecule has 0 N–H and O–H groups in total. The van der Waals surface area contributed by atoms with Crippen molar-refractivity contribution < 1.29 is 38.4 Å². The van der Waals surface area contributed by atoms with Gasteiger partial charge in [-0.05, 0) is 67.4 Å². The summed E-state index contributed by atoms with van der Waals surface area (Å²) in [4.78, 5) is 77.3. The molecule has 2 fully saturated rings. The summed E-state index contributed by atoms with van der Waals surface area (Å²) in [5.41, 5.74) is 0.0657. The molecule has 1 aliphatic heterocycles. The number of rotatable bonds is 9. The number of hydrogen-bond acceptors (Lipinski definition) is 9. The van der Waals surface area contributed by atoms with Crippen molar-refractivity contribution in [3.05, 3.63) is 99.6 Å². The monoisotopic (exact) mass is 741 g/mol. The van der Waals surface area contributed by atoms with Gasteiger partial charge in [-0.15, -0.1) is 0 Å². The van der Waals surface area contributed by atoms with Crippen LogP contribution in [0.1, 0.15) is 43.9 Å². The van der Waals surface area contributed by atoms with Gasteiger partial charge in [0.1, 0.15) is 18.0 Å². The summed E-state index contributed by atoms with van der Waals surface area (Å²) in [5.74, 6) is -4.04. The fourth-order valence-corrected chi connectivity index (χ4v) is 6.51. The van der Waals surface area contributed by atoms with E-state index in [0.29, 0.717) is 18.6 Å². The standard InChI is InChI=1S/C31H25Br2N3O9/c1-44-22-4-2-3-19(13-22)31(41)45-21-11-7-17(8-12-21)27(37)16-34(28(38)18-5-9-20(10-6-18)36(42)43)35-29(39)23-14-25(32)26(33)15-24(23)30(35)40/h2-13,23-26H,14-16H2,1H3/t23-,24-,25+,26+/m1/s1. The van der Waals surface area contributed by atoms with Gasteiger partial charge in [0.05, 0.1) is 29.4 Å². The van der Waals surface area contributed by atoms with Crippen LogP contribution < -0.4 is 9.47 Å². The quantitative estimate of drug-likeness (QED) is 0.0562. The molecular formula is C31H25Br2N3O9. The predicted molar refractivity (Wildman–Crippen MR) is 166 cm³/mol. The summed E-state index contributed by atoms with van der Waals surface area (Å²) < 4.78 is 10.5. The smallest absolute Gasteiger partial charge is 0.343 e. The zero-order chi connectivity index (χ0) is 32.4. The fraction of sp³-hybridized carbons (Fsp3) is 0.258. The topological polar surface area (TPSA) is 153 Å². The van der Waals surface area contributed by atoms with E-state index in [-0.39, 0.29) is 37.8 Å². The van der Waals surface area contributed by atoms with Gasteiger partial charge < -0.3 is 9.47 Å². The highest BCUT2D eigenvalue weighted by atomic mass is 79.9. The number of nitro benzene ring substituents is 1. The number of ether oxygens (including phenoxy) is 2. The molecule has 0 aromatic heterocycles. The maximum atomic E-state index is 13.7. The molecule has 3 amide bonds. The molecule has 1 saturated heterocycles. The van der Waals surface area contributed by atoms with Crippen molar-refractivity contribution in [3.8, 4) is 11.5 Å². The SMILES string of the molecule is COc1cccc(C(=O)Oc2ccc(C(=O)CN(C(=O)c3ccc([N+](=O)[O-])cc3)N3C(=O)[C@@H]4C[C@H](Br)[C@@H](Br)C[C@H]4C3=O)cc2)c1. The second-order valence-electron chi connectivity index (χ2n) is 10.4. The first-order valence-corrected chi connectivity index (χ1v) is 15.5. The average molecular weight is 743 g/mol. The number of hydrazine groups is 1. The van der Waals surface area contributed by atoms with Crippen LogP contribution in [0, 0.1) is 22.0 Å². The molecule has 0 spiro atoms. The lowest BCUT2D eigenvalue weighted by molar-refractivity contribution is -0.384. The van der Waals surface area contributed by atoms with E-state index in [0.717, 1.165) is 22.2 Å². The van der Waals surface area contributed by atoms with Gasteiger partial charge in [0.15, 0.2) is 5.78 Å². The lowest BCUT2D eigenvalue weighted by Gasteiger charge is -2.30. The third-order valence-electron chi connectivity index (χ3n) is 7.67. The first kappa shape index (κ1) is 32.0. The van der Waals surface area contributed by atoms with Crippen LogP contribution >= 0.6 is 31.9 Å². The summed E-state index contributed by atoms with van der Waals surface area (Å²) in [6.07, 6.45) is 0.705. The number of ketones is 1. The van der Waals surface area contributed by atoms with Gasteiger partial charge in [-0.2, -0.15) is 5.01 Å². The maximum absolute atomic E-state index is 13.7. The number of esters is 1. The molecule has 0 bridgehead atoms. The van der Waals surface area contributed by atoms with Gasteiger partial charge >= 0.3 is 5.97 Å². The fourth-order valence-electron chi connectivity index (χ4n) is 5.28. The van der Waals surface area contributed by atoms with Gasteiger partial charge in [0.25, 0.3) is 23.4 Å². The van der Waals surface area contributed by atoms with E-state index >= 15 is 0 Å². The molecule has 2 aliphatic rings. The number of Topliss-reactive ketones (excluding diaryl/α,β-unsaturated/α-hetero) is 1. The molecule has 3 aromatic rings. The second kappa shape index (κ2) is 13.3. The number of nitrogens with zero attached hydrogens (tertiary/aromatic N) is 3. The maximum Gasteiger partial charge on any atom is 0.343 e. The average Bonchev–Trinajstić information content (AvgIpc) is 3.27. The van der Waals surface area contributed by atoms with Gasteiger partial charge in [0.2, 0.25) is 0 Å². The molecule has 1 heterocycles. The van der Waals surface area contributed by atoms with Crippen LogP contribution in [0.2, 0.25) is 0 Å². The molecule has 5 rings (SSSR count). The second-order valence-corrected chi connectivity index (χ2v) is 12.8. The van der Waals surface area contributed by atoms with E-state index in [9.17, 15) is 34.1 Å². The van der Waals surface area contributed by atoms with Crippen LogP contribution in [0.5, 0.6) is 11.5 Å². The van der Waals surface area contributed by atoms with Gasteiger partial charge in [-0.25, -0.2) is 9.80 Å². The van der Waals surface area contributed by atoms with E-state index in [2.05, 4.69) is 31.9 Å². The molecule has 0 radical (unpaired) electrons. The largest absolute Gasteiger partial charge is 0.497 e. The highest BCUT2D eigenvalue weighted by Crippen LogP contribution is 2.43. The minimum atomic E-state index is -0.854. The number of imide groups is 1. The normalized spacial score (nSPS) is 20.7. The number of methoxy groups -OCH3 is 1. The van der Waals surface area contributed by atoms with Crippen LogP contribution in [0.4, 0.5) is 5.69 Å². The van der Waals surface area contributed by atoms with Crippen LogP contribution in [-0.4, -0.2) is 67.7 Å². The third kappa shape index (κ3) is 6.66. The summed E-state index contributed by atoms with van der Waals surface area (Å²) in [6.45, 7) is -0.675. The lowest BCUT2D eigenvalue weighted by atomic mass is 9.81. The summed E-state index contributed by atoms with van der Waals surface area (Å²) in [5, 5.41) is 12.7. The zero-order valence-electron chi connectivity index (χ0n) is 23.6. The van der Waals surface area contributed by atoms with E-state index in [4.69, 9.17) is 9.47 Å². The predicted octanol–water partition coefficient (Wildman–Crippen LogP) is 4.98. The van der Waals surface area contributed by atoms with Gasteiger partial charge in [-0.1, -0.05) is 37.9 Å². The summed E-state index contributed by atoms with van der Waals surface area (Å²) in [7, 11) is 1.47. The Hall–Kier alpha value is -4.43. The Balaban J connectivity index is 1.38. The zero-order valence-corrected chi connectivity index (χ0v) is 26.8. The Morgan fingerprint density at radius 3 is 2.00 bits per heavy atom. The Kier molecular flexibility index (Phi) is 9.44. The molecule has 4 atom stereocenters. The van der Waals surface area contributed by atoms with Crippen molar-refractivity contribution in [1.82, 2.24) is 10.0 Å². The molecule has 3 aromatic carbocycles. The highest BCUT2D eigenvalue weighted by Gasteiger charge is 2.54. The van der Waals surface area contributed by atoms with Gasteiger partial charge in [0, 0.05) is 32.9 Å². The van der Waals surface area contributed by atoms with Crippen molar-refractivity contribution in [1.29, 1.82) is 0 Å². The number of amides is 3. The van der Waals surface area contributed by atoms with Crippen molar-refractivity contribution in [3.63, 3.8) is 0 Å². The van der Waals surface area contributed by atoms with Crippen molar-refractivity contribution in [2.24, 2.45) is 11.8 Å². The number of halogens is 2. The first-order valence-electron chi connectivity index (χ1n) is 13.7. The highest BCUT2D eigenvalue weighted by molar-refractivity contribution is 9.12. The molecule has 232 valence electrons. The molecular weight excluding hydrogens is 718 g/mol. The molecule has 1 aliphatic carbocycles. The number of alkyl halides is 2. The Labute approximate surface area is 273 Å². The Morgan fingerprint density at radius 2 is 1.44 bits per heavy atom. The van der Waals surface area contributed by atoms with Crippen LogP contribution in [0.15, 0.2) is 72.8 Å². The molecule has 14 heteroatoms. The summed E-state index contributed by atoms with van der Waals surface area (Å²) in [6, 6.07) is 16.6. The third-order valence-corrected chi connectivity index (χ3v) is 10.4. The number of non-ortho nitro benzene ring substituents is 1. The molecule has 0 unspecified atom stereocenters. The van der Waals surface area contributed by atoms with Crippen molar-refractivity contribution in [2.45, 2.75) is 22.5 Å². The van der Waals surface area contributed by atoms with Crippen LogP contribution in [-0.2, 0) is 9.59 Å². The first-order chi connectivity index (χ1) is 21.5. The van der Waals surface area contributed by atoms with E-state index < -0.39 is 52.8 Å². The number of carbonyl (C=O) groups is 5. The number of carbonyl (C=O) groups excluding carboxylic acids is 5. The minimum Gasteiger partial charge on any atom is -0.497 e. The van der Waals surface area contributed by atoms with Crippen LogP contribution in [0.25, 0.3) is 0 Å². The Morgan fingerprint density at radius 1 is 0.867 bits per heavy atom. The van der Waals surface area contributed by atoms with E-state index in [1.54, 1.807) is 18.2 Å². The molecule has 45 heavy (non-hydrogen) atoms. The van der Waals surface area contributed by atoms with Crippen molar-refractivity contribution >= 4 is 67.0 Å². The van der Waals surface area contributed by atoms with Crippen molar-refractivity contribution in [2.75, 3.05) is 13.7 Å². The van der Waals surface area contributed by atoms with E-state index in [1.165, 1.54) is 49.6 Å². The number of nitro groups is 1. The molecule has 1 saturated carbocycles. The van der Waals surface area contributed by atoms with Gasteiger partial charge in [-0.3, -0.25) is 29.3 Å². The number of fused-ring (bicyclic) bond motifs is 1. The minimum absolute atomic E-state index is 0.0552. The summed E-state index contributed by atoms with van der Waals surface area (Å²) >= 11 is 7.07. The van der Waals surface area contributed by atoms with Crippen LogP contribution in [0.3, 0.4) is 0 Å². The number of benzene rings is 3. The lowest BCUT2D eigenvalue weighted by Crippen LogP contribution is -2.52.